The van der Waals surface area contributed by atoms with Gasteiger partial charge in [0.1, 0.15) is 12.8 Å². The lowest BCUT2D eigenvalue weighted by Crippen LogP contribution is -2.32. The number of aromatic nitrogens is 1. The second-order valence-corrected chi connectivity index (χ2v) is 11.8. The van der Waals surface area contributed by atoms with Crippen LogP contribution in [0.1, 0.15) is 105 Å². The summed E-state index contributed by atoms with van der Waals surface area (Å²) in [4.78, 5) is 15.3. The molecule has 3 rings (SSSR count). The largest absolute Gasteiger partial charge is 0.492 e. The maximum Gasteiger partial charge on any atom is 0.255 e. The van der Waals surface area contributed by atoms with Crippen LogP contribution in [0, 0.1) is 0 Å². The standard InChI is InChI=1S/C35H47Cl2N2O2/c1-3-4-5-6-7-8-9-10-11-12-13-16-24-41-34-22-21-29(25-33(34)37)27-39(28-30-18-17-23-38(2)26-30)35(40)31-19-14-15-20-32(31)36/h14-15,17-23,25-26H,3-13,16,24,27-28H2,1-2H3/q+1. The molecule has 0 atom stereocenters. The summed E-state index contributed by atoms with van der Waals surface area (Å²) in [6.45, 7) is 3.79. The monoisotopic (exact) mass is 597 g/mol. The van der Waals surface area contributed by atoms with Gasteiger partial charge >= 0.3 is 0 Å². The summed E-state index contributed by atoms with van der Waals surface area (Å²) in [7, 11) is 1.97. The minimum Gasteiger partial charge on any atom is -0.492 e. The number of ether oxygens (including phenoxy) is 1. The number of benzene rings is 2. The minimum atomic E-state index is -0.120. The number of amides is 1. The molecule has 0 bridgehead atoms. The van der Waals surface area contributed by atoms with Crippen molar-refractivity contribution in [1.82, 2.24) is 4.90 Å². The fourth-order valence-electron chi connectivity index (χ4n) is 5.07. The smallest absolute Gasteiger partial charge is 0.255 e. The molecule has 0 saturated heterocycles. The number of nitrogens with zero attached hydrogens (tertiary/aromatic N) is 2. The third kappa shape index (κ3) is 12.1. The van der Waals surface area contributed by atoms with Crippen molar-refractivity contribution in [3.8, 4) is 5.75 Å². The number of aryl methyl sites for hydroxylation is 1. The maximum atomic E-state index is 13.5. The van der Waals surface area contributed by atoms with Gasteiger partial charge in [0.2, 0.25) is 0 Å². The summed E-state index contributed by atoms with van der Waals surface area (Å²) in [5, 5.41) is 1.01. The van der Waals surface area contributed by atoms with E-state index in [0.717, 1.165) is 17.5 Å². The van der Waals surface area contributed by atoms with Crippen LogP contribution >= 0.6 is 23.2 Å². The zero-order valence-electron chi connectivity index (χ0n) is 24.9. The topological polar surface area (TPSA) is 33.4 Å². The average Bonchev–Trinajstić information content (AvgIpc) is 2.96. The van der Waals surface area contributed by atoms with E-state index in [1.54, 1.807) is 17.0 Å². The average molecular weight is 599 g/mol. The van der Waals surface area contributed by atoms with E-state index in [4.69, 9.17) is 27.9 Å². The zero-order valence-corrected chi connectivity index (χ0v) is 26.4. The summed E-state index contributed by atoms with van der Waals surface area (Å²) < 4.78 is 7.98. The minimum absolute atomic E-state index is 0.120. The van der Waals surface area contributed by atoms with Crippen molar-refractivity contribution < 1.29 is 14.1 Å². The van der Waals surface area contributed by atoms with Crippen LogP contribution < -0.4 is 9.30 Å². The molecule has 0 aliphatic carbocycles. The summed E-state index contributed by atoms with van der Waals surface area (Å²) in [5.41, 5.74) is 2.46. The van der Waals surface area contributed by atoms with Gasteiger partial charge in [-0.1, -0.05) is 119 Å². The van der Waals surface area contributed by atoms with Gasteiger partial charge in [-0.15, -0.1) is 0 Å². The third-order valence-corrected chi connectivity index (χ3v) is 8.02. The quantitative estimate of drug-likeness (QED) is 0.102. The molecule has 2 aromatic carbocycles. The highest BCUT2D eigenvalue weighted by Crippen LogP contribution is 2.27. The maximum absolute atomic E-state index is 13.5. The third-order valence-electron chi connectivity index (χ3n) is 7.39. The van der Waals surface area contributed by atoms with Crippen LogP contribution in [0.25, 0.3) is 0 Å². The van der Waals surface area contributed by atoms with Crippen LogP contribution in [-0.4, -0.2) is 17.4 Å². The lowest BCUT2D eigenvalue weighted by molar-refractivity contribution is -0.672. The molecule has 41 heavy (non-hydrogen) atoms. The fourth-order valence-corrected chi connectivity index (χ4v) is 5.55. The number of rotatable bonds is 19. The van der Waals surface area contributed by atoms with E-state index >= 15 is 0 Å². The van der Waals surface area contributed by atoms with Crippen LogP contribution in [0.2, 0.25) is 10.0 Å². The molecule has 1 aromatic heterocycles. The van der Waals surface area contributed by atoms with Crippen molar-refractivity contribution in [2.45, 2.75) is 97.1 Å². The molecule has 1 amide bonds. The molecule has 0 spiro atoms. The Balaban J connectivity index is 1.46. The van der Waals surface area contributed by atoms with Crippen LogP contribution in [0.4, 0.5) is 0 Å². The molecule has 0 aliphatic rings. The molecule has 4 nitrogen and oxygen atoms in total. The second-order valence-electron chi connectivity index (χ2n) is 11.0. The molecule has 0 N–H and O–H groups in total. The number of hydrogen-bond acceptors (Lipinski definition) is 2. The first-order valence-corrected chi connectivity index (χ1v) is 16.1. The Kier molecular flexibility index (Phi) is 15.1. The zero-order chi connectivity index (χ0) is 29.3. The first-order chi connectivity index (χ1) is 20.0. The van der Waals surface area contributed by atoms with E-state index in [-0.39, 0.29) is 5.91 Å². The predicted octanol–water partition coefficient (Wildman–Crippen LogP) is 9.74. The molecule has 0 radical (unpaired) electrons. The molecule has 222 valence electrons. The highest BCUT2D eigenvalue weighted by Gasteiger charge is 2.20. The summed E-state index contributed by atoms with van der Waals surface area (Å²) in [6, 6.07) is 17.0. The Bertz CT molecular complexity index is 1200. The van der Waals surface area contributed by atoms with Gasteiger partial charge in [0.15, 0.2) is 12.4 Å². The van der Waals surface area contributed by atoms with E-state index < -0.39 is 0 Å². The highest BCUT2D eigenvalue weighted by molar-refractivity contribution is 6.33. The van der Waals surface area contributed by atoms with E-state index in [2.05, 4.69) is 6.92 Å². The van der Waals surface area contributed by atoms with Crippen molar-refractivity contribution in [1.29, 1.82) is 0 Å². The van der Waals surface area contributed by atoms with Gasteiger partial charge in [0.25, 0.3) is 5.91 Å². The molecule has 1 heterocycles. The Hall–Kier alpha value is -2.56. The number of carbonyl (C=O) groups excluding carboxylic acids is 1. The van der Waals surface area contributed by atoms with Crippen molar-refractivity contribution in [3.63, 3.8) is 0 Å². The SMILES string of the molecule is CCCCCCCCCCCCCCOc1ccc(CN(Cc2ccc[n+](C)c2)C(=O)c2ccccc2Cl)cc1Cl. The molecular weight excluding hydrogens is 551 g/mol. The van der Waals surface area contributed by atoms with Gasteiger partial charge in [0.05, 0.1) is 28.8 Å². The summed E-state index contributed by atoms with van der Waals surface area (Å²) in [6.07, 6.45) is 19.8. The molecule has 6 heteroatoms. The molecule has 0 unspecified atom stereocenters. The molecule has 0 saturated carbocycles. The van der Waals surface area contributed by atoms with E-state index in [9.17, 15) is 4.79 Å². The van der Waals surface area contributed by atoms with E-state index in [1.807, 2.05) is 66.5 Å². The number of carbonyl (C=O) groups is 1. The van der Waals surface area contributed by atoms with Gasteiger partial charge in [-0.25, -0.2) is 4.57 Å². The Morgan fingerprint density at radius 2 is 1.39 bits per heavy atom. The van der Waals surface area contributed by atoms with Crippen LogP contribution in [0.5, 0.6) is 5.75 Å². The van der Waals surface area contributed by atoms with Crippen molar-refractivity contribution in [2.75, 3.05) is 6.61 Å². The predicted molar refractivity (Wildman–Crippen MR) is 171 cm³/mol. The van der Waals surface area contributed by atoms with E-state index in [1.165, 1.54) is 70.6 Å². The Morgan fingerprint density at radius 1 is 0.756 bits per heavy atom. The molecular formula is C35H47Cl2N2O2+. The van der Waals surface area contributed by atoms with Gasteiger partial charge in [-0.05, 0) is 42.3 Å². The van der Waals surface area contributed by atoms with Crippen molar-refractivity contribution in [3.05, 3.63) is 93.7 Å². The molecule has 0 aliphatic heterocycles. The lowest BCUT2D eigenvalue weighted by Gasteiger charge is -2.23. The fraction of sp³-hybridized carbons (Fsp3) is 0.486. The normalized spacial score (nSPS) is 11.0. The lowest BCUT2D eigenvalue weighted by atomic mass is 10.1. The summed E-state index contributed by atoms with van der Waals surface area (Å²) in [5.74, 6) is 0.572. The van der Waals surface area contributed by atoms with Gasteiger partial charge in [-0.3, -0.25) is 4.79 Å². The van der Waals surface area contributed by atoms with Crippen molar-refractivity contribution in [2.24, 2.45) is 7.05 Å². The van der Waals surface area contributed by atoms with Gasteiger partial charge in [-0.2, -0.15) is 0 Å². The molecule has 0 fully saturated rings. The molecule has 3 aromatic rings. The van der Waals surface area contributed by atoms with E-state index in [0.29, 0.717) is 41.1 Å². The number of halogens is 2. The van der Waals surface area contributed by atoms with Crippen LogP contribution in [-0.2, 0) is 20.1 Å². The van der Waals surface area contributed by atoms with Crippen molar-refractivity contribution >= 4 is 29.1 Å². The van der Waals surface area contributed by atoms with Gasteiger partial charge in [0, 0.05) is 18.2 Å². The second kappa shape index (κ2) is 18.8. The first kappa shape index (κ1) is 32.9. The van der Waals surface area contributed by atoms with Crippen LogP contribution in [0.3, 0.4) is 0 Å². The number of unbranched alkanes of at least 4 members (excludes halogenated alkanes) is 11. The number of hydrogen-bond donors (Lipinski definition) is 0. The summed E-state index contributed by atoms with van der Waals surface area (Å²) >= 11 is 13.0. The number of pyridine rings is 1. The Morgan fingerprint density at radius 3 is 2.02 bits per heavy atom. The highest BCUT2D eigenvalue weighted by atomic mass is 35.5. The Labute approximate surface area is 257 Å². The first-order valence-electron chi connectivity index (χ1n) is 15.4. The van der Waals surface area contributed by atoms with Crippen LogP contribution in [0.15, 0.2) is 67.0 Å². The van der Waals surface area contributed by atoms with Gasteiger partial charge < -0.3 is 9.64 Å².